The van der Waals surface area contributed by atoms with E-state index in [0.717, 1.165) is 42.9 Å². The van der Waals surface area contributed by atoms with Crippen molar-refractivity contribution >= 4 is 21.4 Å². The summed E-state index contributed by atoms with van der Waals surface area (Å²) in [7, 11) is -3.20. The lowest BCUT2D eigenvalue weighted by Crippen LogP contribution is -2.44. The van der Waals surface area contributed by atoms with Crippen LogP contribution in [0, 0.1) is 13.8 Å². The Hall–Kier alpha value is -3.33. The van der Waals surface area contributed by atoms with Gasteiger partial charge in [-0.15, -0.1) is 0 Å². The summed E-state index contributed by atoms with van der Waals surface area (Å²) in [5, 5.41) is 7.09. The van der Waals surface area contributed by atoms with Crippen molar-refractivity contribution < 1.29 is 22.5 Å². The van der Waals surface area contributed by atoms with E-state index >= 15 is 0 Å². The van der Waals surface area contributed by atoms with Crippen molar-refractivity contribution in [2.45, 2.75) is 51.2 Å². The predicted molar refractivity (Wildman–Crippen MR) is 134 cm³/mol. The van der Waals surface area contributed by atoms with Crippen LogP contribution < -0.4 is 15.0 Å². The first kappa shape index (κ1) is 24.8. The Labute approximate surface area is 206 Å². The van der Waals surface area contributed by atoms with Crippen molar-refractivity contribution in [3.8, 4) is 5.75 Å². The largest absolute Gasteiger partial charge is 0.488 e. The Morgan fingerprint density at radius 3 is 2.43 bits per heavy atom. The number of nitrogens with one attached hydrogen (secondary N) is 1. The second kappa shape index (κ2) is 10.5. The number of aromatic nitrogens is 1. The quantitative estimate of drug-likeness (QED) is 0.501. The van der Waals surface area contributed by atoms with Crippen LogP contribution in [0.3, 0.4) is 0 Å². The van der Waals surface area contributed by atoms with Gasteiger partial charge in [0.05, 0.1) is 27.5 Å². The molecule has 8 nitrogen and oxygen atoms in total. The van der Waals surface area contributed by atoms with E-state index in [-0.39, 0.29) is 24.3 Å². The number of aryl methyl sites for hydroxylation is 2. The number of hydrogen-bond donors (Lipinski definition) is 1. The topological polar surface area (TPSA) is 102 Å². The van der Waals surface area contributed by atoms with Gasteiger partial charge in [0.2, 0.25) is 0 Å². The maximum atomic E-state index is 13.0. The summed E-state index contributed by atoms with van der Waals surface area (Å²) in [6.45, 7) is 7.17. The van der Waals surface area contributed by atoms with Gasteiger partial charge in [-0.1, -0.05) is 24.2 Å². The summed E-state index contributed by atoms with van der Waals surface area (Å²) in [5.74, 6) is 1.15. The zero-order chi connectivity index (χ0) is 25.0. The summed E-state index contributed by atoms with van der Waals surface area (Å²) < 4.78 is 35.2. The molecule has 1 aliphatic rings. The van der Waals surface area contributed by atoms with E-state index < -0.39 is 9.84 Å². The number of carbonyl (C=O) groups is 1. The molecule has 1 aromatic heterocycles. The van der Waals surface area contributed by atoms with Crippen molar-refractivity contribution in [1.29, 1.82) is 0 Å². The molecule has 3 aromatic rings. The Kier molecular flexibility index (Phi) is 7.45. The summed E-state index contributed by atoms with van der Waals surface area (Å²) in [4.78, 5) is 15.6. The molecule has 0 saturated carbocycles. The molecule has 2 aromatic carbocycles. The van der Waals surface area contributed by atoms with Gasteiger partial charge < -0.3 is 19.5 Å². The Balaban J connectivity index is 1.34. The molecule has 0 atom stereocenters. The fourth-order valence-electron chi connectivity index (χ4n) is 4.21. The van der Waals surface area contributed by atoms with Crippen molar-refractivity contribution in [2.75, 3.05) is 23.7 Å². The number of carbonyl (C=O) groups excluding carboxylic acids is 1. The maximum absolute atomic E-state index is 13.0. The van der Waals surface area contributed by atoms with Crippen LogP contribution in [0.15, 0.2) is 57.9 Å². The highest BCUT2D eigenvalue weighted by molar-refractivity contribution is 7.91. The van der Waals surface area contributed by atoms with Gasteiger partial charge in [0.1, 0.15) is 18.1 Å². The van der Waals surface area contributed by atoms with Gasteiger partial charge in [0, 0.05) is 24.8 Å². The van der Waals surface area contributed by atoms with E-state index in [1.165, 1.54) is 0 Å². The summed E-state index contributed by atoms with van der Waals surface area (Å²) in [5.41, 5.74) is 3.14. The van der Waals surface area contributed by atoms with Crippen LogP contribution in [0.4, 0.5) is 5.69 Å². The van der Waals surface area contributed by atoms with Gasteiger partial charge in [0.15, 0.2) is 9.84 Å². The van der Waals surface area contributed by atoms with Crippen LogP contribution in [0.2, 0.25) is 0 Å². The first-order valence-corrected chi connectivity index (χ1v) is 13.5. The fraction of sp³-hybridized carbons (Fsp3) is 0.385. The molecular weight excluding hydrogens is 466 g/mol. The Bertz CT molecular complexity index is 1260. The van der Waals surface area contributed by atoms with Crippen molar-refractivity contribution in [3.05, 3.63) is 71.1 Å². The molecule has 1 N–H and O–H groups in total. The van der Waals surface area contributed by atoms with Gasteiger partial charge in [-0.2, -0.15) is 0 Å². The number of rotatable bonds is 8. The molecule has 186 valence electrons. The summed E-state index contributed by atoms with van der Waals surface area (Å²) in [6.07, 6.45) is 1.59. The molecule has 35 heavy (non-hydrogen) atoms. The minimum absolute atomic E-state index is 0.0501. The molecule has 1 saturated heterocycles. The molecule has 0 unspecified atom stereocenters. The molecule has 0 radical (unpaired) electrons. The molecule has 0 bridgehead atoms. The molecule has 1 amide bonds. The van der Waals surface area contributed by atoms with Gasteiger partial charge in [0.25, 0.3) is 5.91 Å². The lowest BCUT2D eigenvalue weighted by atomic mass is 10.0. The number of hydrogen-bond acceptors (Lipinski definition) is 7. The molecule has 2 heterocycles. The van der Waals surface area contributed by atoms with Crippen LogP contribution in [0.1, 0.15) is 47.1 Å². The zero-order valence-corrected chi connectivity index (χ0v) is 21.1. The molecule has 1 aliphatic heterocycles. The van der Waals surface area contributed by atoms with Gasteiger partial charge in [-0.05, 0) is 63.1 Å². The lowest BCUT2D eigenvalue weighted by molar-refractivity contribution is 0.0926. The molecule has 0 spiro atoms. The third kappa shape index (κ3) is 5.67. The average Bonchev–Trinajstić information content (AvgIpc) is 3.20. The second-order valence-electron chi connectivity index (χ2n) is 8.72. The van der Waals surface area contributed by atoms with Crippen LogP contribution in [0.25, 0.3) is 0 Å². The Morgan fingerprint density at radius 1 is 1.11 bits per heavy atom. The third-order valence-electron chi connectivity index (χ3n) is 6.46. The SMILES string of the molecule is CCS(=O)(=O)c1ccc(N2CCC(NC(=O)c3ccccc3OCc3c(C)noc3C)CC2)cc1. The summed E-state index contributed by atoms with van der Waals surface area (Å²) in [6, 6.07) is 14.3. The van der Waals surface area contributed by atoms with E-state index in [9.17, 15) is 13.2 Å². The highest BCUT2D eigenvalue weighted by atomic mass is 32.2. The van der Waals surface area contributed by atoms with Crippen molar-refractivity contribution in [3.63, 3.8) is 0 Å². The molecular formula is C26H31N3O5S. The van der Waals surface area contributed by atoms with E-state index in [1.54, 1.807) is 31.2 Å². The maximum Gasteiger partial charge on any atom is 0.255 e. The molecule has 4 rings (SSSR count). The normalized spacial score (nSPS) is 14.7. The number of amides is 1. The fourth-order valence-corrected chi connectivity index (χ4v) is 5.10. The van der Waals surface area contributed by atoms with Crippen molar-refractivity contribution in [1.82, 2.24) is 10.5 Å². The van der Waals surface area contributed by atoms with Crippen LogP contribution >= 0.6 is 0 Å². The highest BCUT2D eigenvalue weighted by Gasteiger charge is 2.23. The van der Waals surface area contributed by atoms with Crippen LogP contribution in [0.5, 0.6) is 5.75 Å². The number of anilines is 1. The number of ether oxygens (including phenoxy) is 1. The molecule has 9 heteroatoms. The number of sulfone groups is 1. The van der Waals surface area contributed by atoms with Crippen LogP contribution in [-0.4, -0.2) is 44.4 Å². The lowest BCUT2D eigenvalue weighted by Gasteiger charge is -2.34. The van der Waals surface area contributed by atoms with E-state index in [0.29, 0.717) is 22.0 Å². The Morgan fingerprint density at radius 2 is 1.80 bits per heavy atom. The van der Waals surface area contributed by atoms with Gasteiger partial charge in [-0.25, -0.2) is 8.42 Å². The van der Waals surface area contributed by atoms with Crippen molar-refractivity contribution in [2.24, 2.45) is 0 Å². The van der Waals surface area contributed by atoms with E-state index in [4.69, 9.17) is 9.26 Å². The third-order valence-corrected chi connectivity index (χ3v) is 8.21. The smallest absolute Gasteiger partial charge is 0.255 e. The predicted octanol–water partition coefficient (Wildman–Crippen LogP) is 4.06. The van der Waals surface area contributed by atoms with E-state index in [2.05, 4.69) is 15.4 Å². The first-order valence-electron chi connectivity index (χ1n) is 11.8. The van der Waals surface area contributed by atoms with Gasteiger partial charge >= 0.3 is 0 Å². The first-order chi connectivity index (χ1) is 16.8. The molecule has 1 fully saturated rings. The van der Waals surface area contributed by atoms with Gasteiger partial charge in [-0.3, -0.25) is 4.79 Å². The average molecular weight is 498 g/mol. The minimum Gasteiger partial charge on any atom is -0.488 e. The minimum atomic E-state index is -3.20. The monoisotopic (exact) mass is 497 g/mol. The number of benzene rings is 2. The second-order valence-corrected chi connectivity index (χ2v) is 11.0. The zero-order valence-electron chi connectivity index (χ0n) is 20.3. The number of piperidine rings is 1. The number of nitrogens with zero attached hydrogens (tertiary/aromatic N) is 2. The van der Waals surface area contributed by atoms with E-state index in [1.807, 2.05) is 38.1 Å². The highest BCUT2D eigenvalue weighted by Crippen LogP contribution is 2.24. The van der Waals surface area contributed by atoms with Crippen LogP contribution in [-0.2, 0) is 16.4 Å². The standard InChI is InChI=1S/C26H31N3O5S/c1-4-35(31,32)22-11-9-21(10-12-22)29-15-13-20(14-16-29)27-26(30)23-7-5-6-8-25(23)33-17-24-18(2)28-34-19(24)3/h5-12,20H,4,13-17H2,1-3H3,(H,27,30). The molecule has 0 aliphatic carbocycles. The number of para-hydroxylation sites is 1. The summed E-state index contributed by atoms with van der Waals surface area (Å²) >= 11 is 0.